The number of rotatable bonds is 6. The van der Waals surface area contributed by atoms with Crippen LogP contribution in [-0.4, -0.2) is 23.7 Å². The summed E-state index contributed by atoms with van der Waals surface area (Å²) in [5, 5.41) is 1.96. The van der Waals surface area contributed by atoms with Gasteiger partial charge in [-0.2, -0.15) is 5.12 Å². The molecule has 4 heteroatoms. The van der Waals surface area contributed by atoms with Gasteiger partial charge < -0.3 is 0 Å². The van der Waals surface area contributed by atoms with E-state index in [0.717, 1.165) is 19.5 Å². The third kappa shape index (κ3) is 3.83. The molecule has 0 amide bonds. The van der Waals surface area contributed by atoms with Crippen molar-refractivity contribution in [1.29, 1.82) is 0 Å². The topological polar surface area (TPSA) is 40.2 Å². The Kier molecular flexibility index (Phi) is 5.14. The minimum atomic E-state index is 0.810. The van der Waals surface area contributed by atoms with Crippen LogP contribution in [0.2, 0.25) is 0 Å². The lowest BCUT2D eigenvalue weighted by Crippen LogP contribution is -2.45. The van der Waals surface area contributed by atoms with Crippen LogP contribution in [0.15, 0.2) is 24.5 Å². The summed E-state index contributed by atoms with van der Waals surface area (Å²) in [6.07, 6.45) is 4.77. The molecule has 0 saturated carbocycles. The van der Waals surface area contributed by atoms with Gasteiger partial charge in [-0.05, 0) is 18.1 Å². The average molecular weight is 194 g/mol. The maximum Gasteiger partial charge on any atom is 0.0553 e. The van der Waals surface area contributed by atoms with E-state index in [1.165, 1.54) is 5.56 Å². The van der Waals surface area contributed by atoms with E-state index in [-0.39, 0.29) is 0 Å². The molecule has 1 heterocycles. The third-order valence-electron chi connectivity index (χ3n) is 1.89. The Hall–Kier alpha value is -0.970. The Labute approximate surface area is 85.3 Å². The molecule has 0 aliphatic rings. The van der Waals surface area contributed by atoms with Crippen molar-refractivity contribution < 1.29 is 0 Å². The van der Waals surface area contributed by atoms with Crippen LogP contribution in [0, 0.1) is 0 Å². The lowest BCUT2D eigenvalue weighted by Gasteiger charge is -2.21. The average Bonchev–Trinajstić information content (AvgIpc) is 2.25. The number of hydrazine groups is 2. The summed E-state index contributed by atoms with van der Waals surface area (Å²) in [7, 11) is 1.90. The Morgan fingerprint density at radius 1 is 1.50 bits per heavy atom. The third-order valence-corrected chi connectivity index (χ3v) is 1.89. The SMILES string of the molecule is CCCNN(Cc1cccnc1)NC. The molecule has 1 aromatic heterocycles. The highest BCUT2D eigenvalue weighted by molar-refractivity contribution is 5.07. The Balaban J connectivity index is 2.40. The molecule has 4 nitrogen and oxygen atoms in total. The lowest BCUT2D eigenvalue weighted by atomic mass is 10.3. The van der Waals surface area contributed by atoms with E-state index in [2.05, 4.69) is 28.8 Å². The molecule has 0 radical (unpaired) electrons. The van der Waals surface area contributed by atoms with E-state index in [4.69, 9.17) is 0 Å². The van der Waals surface area contributed by atoms with Crippen molar-refractivity contribution in [3.63, 3.8) is 0 Å². The molecule has 0 atom stereocenters. The predicted octanol–water partition coefficient (Wildman–Crippen LogP) is 0.933. The highest BCUT2D eigenvalue weighted by atomic mass is 15.7. The summed E-state index contributed by atoms with van der Waals surface area (Å²) in [5.74, 6) is 0. The number of nitrogens with one attached hydrogen (secondary N) is 2. The number of nitrogens with zero attached hydrogens (tertiary/aromatic N) is 2. The van der Waals surface area contributed by atoms with Crippen LogP contribution >= 0.6 is 0 Å². The Morgan fingerprint density at radius 2 is 2.36 bits per heavy atom. The molecule has 0 saturated heterocycles. The Morgan fingerprint density at radius 3 is 2.93 bits per heavy atom. The van der Waals surface area contributed by atoms with E-state index in [0.29, 0.717) is 0 Å². The number of aromatic nitrogens is 1. The van der Waals surface area contributed by atoms with Crippen molar-refractivity contribution in [3.05, 3.63) is 30.1 Å². The van der Waals surface area contributed by atoms with Crippen LogP contribution in [0.3, 0.4) is 0 Å². The number of hydrogen-bond acceptors (Lipinski definition) is 4. The molecule has 1 rings (SSSR count). The molecule has 0 aromatic carbocycles. The Bertz CT molecular complexity index is 237. The summed E-state index contributed by atoms with van der Waals surface area (Å²) in [5.41, 5.74) is 7.53. The first-order chi connectivity index (χ1) is 6.86. The quantitative estimate of drug-likeness (QED) is 0.661. The van der Waals surface area contributed by atoms with Crippen molar-refractivity contribution in [2.45, 2.75) is 19.9 Å². The first-order valence-electron chi connectivity index (χ1n) is 4.94. The minimum Gasteiger partial charge on any atom is -0.264 e. The molecule has 0 bridgehead atoms. The predicted molar refractivity (Wildman–Crippen MR) is 57.1 cm³/mol. The van der Waals surface area contributed by atoms with Gasteiger partial charge in [0.25, 0.3) is 0 Å². The second-order valence-corrected chi connectivity index (χ2v) is 3.08. The summed E-state index contributed by atoms with van der Waals surface area (Å²) < 4.78 is 0. The van der Waals surface area contributed by atoms with Crippen molar-refractivity contribution >= 4 is 0 Å². The summed E-state index contributed by atoms with van der Waals surface area (Å²) in [4.78, 5) is 4.07. The summed E-state index contributed by atoms with van der Waals surface area (Å²) in [6, 6.07) is 4.01. The fraction of sp³-hybridized carbons (Fsp3) is 0.500. The maximum absolute atomic E-state index is 4.07. The van der Waals surface area contributed by atoms with Gasteiger partial charge in [0.1, 0.15) is 0 Å². The van der Waals surface area contributed by atoms with Gasteiger partial charge in [-0.1, -0.05) is 13.0 Å². The standard InChI is InChI=1S/C10H18N4/c1-3-6-13-14(11-2)9-10-5-4-7-12-8-10/h4-5,7-8,11,13H,3,6,9H2,1-2H3. The van der Waals surface area contributed by atoms with Crippen molar-refractivity contribution in [1.82, 2.24) is 21.0 Å². The van der Waals surface area contributed by atoms with Gasteiger partial charge in [0.05, 0.1) is 6.54 Å². The van der Waals surface area contributed by atoms with Crippen LogP contribution in [-0.2, 0) is 6.54 Å². The van der Waals surface area contributed by atoms with Crippen LogP contribution < -0.4 is 10.9 Å². The van der Waals surface area contributed by atoms with Crippen molar-refractivity contribution in [2.24, 2.45) is 0 Å². The number of pyridine rings is 1. The smallest absolute Gasteiger partial charge is 0.0553 e. The normalized spacial score (nSPS) is 10.8. The van der Waals surface area contributed by atoms with Crippen LogP contribution in [0.25, 0.3) is 0 Å². The van der Waals surface area contributed by atoms with Crippen molar-refractivity contribution in [3.8, 4) is 0 Å². The first-order valence-corrected chi connectivity index (χ1v) is 4.94. The number of hydrogen-bond donors (Lipinski definition) is 2. The van der Waals surface area contributed by atoms with Crippen LogP contribution in [0.4, 0.5) is 0 Å². The zero-order valence-electron chi connectivity index (χ0n) is 8.83. The molecule has 0 aliphatic heterocycles. The highest BCUT2D eigenvalue weighted by Crippen LogP contribution is 1.97. The van der Waals surface area contributed by atoms with Crippen LogP contribution in [0.5, 0.6) is 0 Å². The zero-order chi connectivity index (χ0) is 10.2. The van der Waals surface area contributed by atoms with E-state index in [1.807, 2.05) is 24.4 Å². The van der Waals surface area contributed by atoms with Gasteiger partial charge in [0.2, 0.25) is 0 Å². The maximum atomic E-state index is 4.07. The first kappa shape index (κ1) is 11.1. The molecule has 0 spiro atoms. The van der Waals surface area contributed by atoms with Gasteiger partial charge in [-0.25, -0.2) is 10.9 Å². The molecule has 0 fully saturated rings. The van der Waals surface area contributed by atoms with Gasteiger partial charge >= 0.3 is 0 Å². The second kappa shape index (κ2) is 6.48. The van der Waals surface area contributed by atoms with Gasteiger partial charge in [0, 0.05) is 26.0 Å². The van der Waals surface area contributed by atoms with E-state index in [1.54, 1.807) is 6.20 Å². The zero-order valence-corrected chi connectivity index (χ0v) is 8.83. The summed E-state index contributed by atoms with van der Waals surface area (Å²) >= 11 is 0. The molecule has 0 aliphatic carbocycles. The minimum absolute atomic E-state index is 0.810. The molecule has 2 N–H and O–H groups in total. The van der Waals surface area contributed by atoms with Gasteiger partial charge in [0.15, 0.2) is 0 Å². The van der Waals surface area contributed by atoms with Gasteiger partial charge in [-0.15, -0.1) is 0 Å². The van der Waals surface area contributed by atoms with E-state index in [9.17, 15) is 0 Å². The van der Waals surface area contributed by atoms with Gasteiger partial charge in [-0.3, -0.25) is 4.98 Å². The molecule has 0 unspecified atom stereocenters. The van der Waals surface area contributed by atoms with E-state index < -0.39 is 0 Å². The summed E-state index contributed by atoms with van der Waals surface area (Å²) in [6.45, 7) is 3.93. The molecule has 14 heavy (non-hydrogen) atoms. The molecular weight excluding hydrogens is 176 g/mol. The largest absolute Gasteiger partial charge is 0.264 e. The molecular formula is C10H18N4. The lowest BCUT2D eigenvalue weighted by molar-refractivity contribution is 0.119. The van der Waals surface area contributed by atoms with Crippen LogP contribution in [0.1, 0.15) is 18.9 Å². The fourth-order valence-electron chi connectivity index (χ4n) is 1.14. The second-order valence-electron chi connectivity index (χ2n) is 3.08. The molecule has 78 valence electrons. The monoisotopic (exact) mass is 194 g/mol. The fourth-order valence-corrected chi connectivity index (χ4v) is 1.14. The van der Waals surface area contributed by atoms with E-state index >= 15 is 0 Å². The molecule has 1 aromatic rings. The van der Waals surface area contributed by atoms with Crippen molar-refractivity contribution in [2.75, 3.05) is 13.6 Å². The highest BCUT2D eigenvalue weighted by Gasteiger charge is 2.01.